The van der Waals surface area contributed by atoms with Gasteiger partial charge in [-0.2, -0.15) is 0 Å². The molecule has 1 saturated carbocycles. The maximum absolute atomic E-state index is 3.60. The zero-order chi connectivity index (χ0) is 13.3. The number of nitrogens with one attached hydrogen (secondary N) is 2. The van der Waals surface area contributed by atoms with Crippen molar-refractivity contribution >= 4 is 0 Å². The molecule has 0 aromatic carbocycles. The van der Waals surface area contributed by atoms with E-state index in [0.29, 0.717) is 0 Å². The van der Waals surface area contributed by atoms with Gasteiger partial charge in [-0.25, -0.2) is 0 Å². The zero-order valence-corrected chi connectivity index (χ0v) is 12.8. The van der Waals surface area contributed by atoms with E-state index in [0.717, 1.165) is 11.8 Å². The number of hydrogen-bond donors (Lipinski definition) is 2. The van der Waals surface area contributed by atoms with Crippen molar-refractivity contribution in [2.45, 2.75) is 45.4 Å². The fourth-order valence-corrected chi connectivity index (χ4v) is 3.56. The molecule has 2 fully saturated rings. The molecule has 1 unspecified atom stereocenters. The van der Waals surface area contributed by atoms with Crippen molar-refractivity contribution in [2.75, 3.05) is 45.8 Å². The van der Waals surface area contributed by atoms with Crippen LogP contribution in [0, 0.1) is 11.8 Å². The summed E-state index contributed by atoms with van der Waals surface area (Å²) in [6.07, 6.45) is 8.46. The summed E-state index contributed by atoms with van der Waals surface area (Å²) >= 11 is 0. The minimum absolute atomic E-state index is 0.786. The molecule has 1 aliphatic heterocycles. The lowest BCUT2D eigenvalue weighted by molar-refractivity contribution is 0.198. The van der Waals surface area contributed by atoms with E-state index in [1.54, 1.807) is 0 Å². The lowest BCUT2D eigenvalue weighted by Gasteiger charge is -2.29. The molecule has 2 rings (SSSR count). The normalized spacial score (nSPS) is 29.8. The Morgan fingerprint density at radius 1 is 0.947 bits per heavy atom. The van der Waals surface area contributed by atoms with E-state index in [1.807, 2.05) is 0 Å². The van der Waals surface area contributed by atoms with Gasteiger partial charge >= 0.3 is 0 Å². The Bertz CT molecular complexity index is 226. The average molecular weight is 267 g/mol. The second-order valence-electron chi connectivity index (χ2n) is 6.68. The first-order valence-corrected chi connectivity index (χ1v) is 8.48. The van der Waals surface area contributed by atoms with E-state index in [2.05, 4.69) is 22.5 Å². The first kappa shape index (κ1) is 15.3. The summed E-state index contributed by atoms with van der Waals surface area (Å²) in [7, 11) is 0. The van der Waals surface area contributed by atoms with Gasteiger partial charge in [0.25, 0.3) is 0 Å². The second-order valence-corrected chi connectivity index (χ2v) is 6.68. The molecule has 1 atom stereocenters. The Morgan fingerprint density at radius 2 is 1.68 bits per heavy atom. The van der Waals surface area contributed by atoms with Crippen LogP contribution in [-0.2, 0) is 0 Å². The Morgan fingerprint density at radius 3 is 2.53 bits per heavy atom. The van der Waals surface area contributed by atoms with Crippen molar-refractivity contribution in [1.29, 1.82) is 0 Å². The van der Waals surface area contributed by atoms with Gasteiger partial charge in [-0.05, 0) is 70.2 Å². The molecule has 112 valence electrons. The van der Waals surface area contributed by atoms with Crippen LogP contribution >= 0.6 is 0 Å². The van der Waals surface area contributed by atoms with Crippen LogP contribution in [0.25, 0.3) is 0 Å². The molecular weight excluding hydrogens is 234 g/mol. The lowest BCUT2D eigenvalue weighted by atomic mass is 10.1. The number of rotatable bonds is 2. The molecule has 2 aliphatic rings. The van der Waals surface area contributed by atoms with Gasteiger partial charge in [-0.1, -0.05) is 19.8 Å². The molecule has 0 bridgehead atoms. The van der Waals surface area contributed by atoms with Crippen LogP contribution in [-0.4, -0.2) is 50.7 Å². The van der Waals surface area contributed by atoms with Crippen molar-refractivity contribution in [1.82, 2.24) is 15.5 Å². The topological polar surface area (TPSA) is 27.3 Å². The van der Waals surface area contributed by atoms with Crippen LogP contribution in [0.2, 0.25) is 0 Å². The summed E-state index contributed by atoms with van der Waals surface area (Å²) in [4.78, 5) is 2.74. The molecule has 0 radical (unpaired) electrons. The van der Waals surface area contributed by atoms with Crippen LogP contribution in [0.1, 0.15) is 45.4 Å². The Hall–Kier alpha value is -0.120. The zero-order valence-electron chi connectivity index (χ0n) is 12.8. The highest BCUT2D eigenvalue weighted by Gasteiger charge is 2.19. The molecule has 0 amide bonds. The van der Waals surface area contributed by atoms with E-state index < -0.39 is 0 Å². The third-order valence-corrected chi connectivity index (χ3v) is 4.59. The highest BCUT2D eigenvalue weighted by molar-refractivity contribution is 4.74. The predicted octanol–water partition coefficient (Wildman–Crippen LogP) is 2.09. The van der Waals surface area contributed by atoms with Crippen LogP contribution in [0.3, 0.4) is 0 Å². The standard InChI is InChI=1S/C16H33N3/c1-15-12-18-9-4-8-17-10-5-11-19(13-15)14-16-6-2-3-7-16/h15-18H,2-14H2,1H3. The van der Waals surface area contributed by atoms with E-state index in [9.17, 15) is 0 Å². The molecule has 2 N–H and O–H groups in total. The highest BCUT2D eigenvalue weighted by atomic mass is 15.1. The first-order chi connectivity index (χ1) is 9.34. The quantitative estimate of drug-likeness (QED) is 0.802. The fraction of sp³-hybridized carbons (Fsp3) is 1.00. The van der Waals surface area contributed by atoms with E-state index in [4.69, 9.17) is 0 Å². The van der Waals surface area contributed by atoms with Crippen LogP contribution in [0.4, 0.5) is 0 Å². The van der Waals surface area contributed by atoms with E-state index in [1.165, 1.54) is 84.3 Å². The first-order valence-electron chi connectivity index (χ1n) is 8.48. The Balaban J connectivity index is 1.77. The largest absolute Gasteiger partial charge is 0.317 e. The van der Waals surface area contributed by atoms with Gasteiger partial charge in [0, 0.05) is 13.1 Å². The fourth-order valence-electron chi connectivity index (χ4n) is 3.56. The number of nitrogens with zero attached hydrogens (tertiary/aromatic N) is 1. The third kappa shape index (κ3) is 6.24. The van der Waals surface area contributed by atoms with Crippen molar-refractivity contribution in [3.05, 3.63) is 0 Å². The smallest absolute Gasteiger partial charge is 0.00193 e. The van der Waals surface area contributed by atoms with Crippen LogP contribution < -0.4 is 10.6 Å². The van der Waals surface area contributed by atoms with E-state index >= 15 is 0 Å². The SMILES string of the molecule is CC1CNCCCNCCCN(CC2CCCC2)C1. The maximum atomic E-state index is 3.60. The summed E-state index contributed by atoms with van der Waals surface area (Å²) in [6, 6.07) is 0. The van der Waals surface area contributed by atoms with Crippen LogP contribution in [0.15, 0.2) is 0 Å². The minimum Gasteiger partial charge on any atom is -0.317 e. The van der Waals surface area contributed by atoms with Gasteiger partial charge in [0.05, 0.1) is 0 Å². The molecule has 3 nitrogen and oxygen atoms in total. The molecular formula is C16H33N3. The van der Waals surface area contributed by atoms with Crippen molar-refractivity contribution < 1.29 is 0 Å². The molecule has 0 aromatic rings. The molecule has 1 heterocycles. The number of hydrogen-bond acceptors (Lipinski definition) is 3. The second kappa shape index (κ2) is 8.93. The highest BCUT2D eigenvalue weighted by Crippen LogP contribution is 2.25. The summed E-state index contributed by atoms with van der Waals surface area (Å²) < 4.78 is 0. The molecule has 0 aromatic heterocycles. The van der Waals surface area contributed by atoms with Gasteiger partial charge < -0.3 is 15.5 Å². The third-order valence-electron chi connectivity index (χ3n) is 4.59. The summed E-state index contributed by atoms with van der Waals surface area (Å²) in [5.74, 6) is 1.77. The molecule has 3 heteroatoms. The molecule has 1 saturated heterocycles. The lowest BCUT2D eigenvalue weighted by Crippen LogP contribution is -2.38. The molecule has 0 spiro atoms. The Labute approximate surface area is 119 Å². The average Bonchev–Trinajstić information content (AvgIpc) is 2.87. The van der Waals surface area contributed by atoms with Crippen molar-refractivity contribution in [2.24, 2.45) is 11.8 Å². The van der Waals surface area contributed by atoms with Crippen molar-refractivity contribution in [3.63, 3.8) is 0 Å². The van der Waals surface area contributed by atoms with Crippen molar-refractivity contribution in [3.8, 4) is 0 Å². The van der Waals surface area contributed by atoms with Gasteiger partial charge in [0.1, 0.15) is 0 Å². The summed E-state index contributed by atoms with van der Waals surface area (Å²) in [5.41, 5.74) is 0. The Kier molecular flexibility index (Phi) is 7.18. The predicted molar refractivity (Wildman–Crippen MR) is 82.5 cm³/mol. The van der Waals surface area contributed by atoms with E-state index in [-0.39, 0.29) is 0 Å². The monoisotopic (exact) mass is 267 g/mol. The van der Waals surface area contributed by atoms with Gasteiger partial charge in [0.15, 0.2) is 0 Å². The van der Waals surface area contributed by atoms with Crippen LogP contribution in [0.5, 0.6) is 0 Å². The summed E-state index contributed by atoms with van der Waals surface area (Å²) in [5, 5.41) is 7.16. The maximum Gasteiger partial charge on any atom is 0.00193 e. The van der Waals surface area contributed by atoms with Gasteiger partial charge in [-0.3, -0.25) is 0 Å². The minimum atomic E-state index is 0.786. The molecule has 19 heavy (non-hydrogen) atoms. The van der Waals surface area contributed by atoms with Gasteiger partial charge in [0.2, 0.25) is 0 Å². The van der Waals surface area contributed by atoms with Gasteiger partial charge in [-0.15, -0.1) is 0 Å². The summed E-state index contributed by atoms with van der Waals surface area (Å²) in [6.45, 7) is 11.0. The molecule has 1 aliphatic carbocycles.